The van der Waals surface area contributed by atoms with Crippen LogP contribution in [0.15, 0.2) is 0 Å². The van der Waals surface area contributed by atoms with E-state index in [0.717, 1.165) is 18.1 Å². The number of likely N-dealkylation sites (tertiary alicyclic amines) is 1. The second-order valence-electron chi connectivity index (χ2n) is 5.53. The minimum atomic E-state index is -0.777. The smallest absolute Gasteiger partial charge is 0.317 e. The number of aliphatic carboxylic acids is 1. The van der Waals surface area contributed by atoms with Gasteiger partial charge in [-0.05, 0) is 31.9 Å². The fourth-order valence-corrected chi connectivity index (χ4v) is 3.56. The van der Waals surface area contributed by atoms with Crippen molar-refractivity contribution in [2.24, 2.45) is 5.92 Å². The molecule has 1 saturated heterocycles. The third kappa shape index (κ3) is 4.03. The number of hydrogen-bond acceptors (Lipinski definition) is 3. The number of carboxylic acid groups (broad SMARTS) is 1. The number of nitrogens with zero attached hydrogens (tertiary/aromatic N) is 1. The second kappa shape index (κ2) is 6.50. The van der Waals surface area contributed by atoms with Gasteiger partial charge >= 0.3 is 12.0 Å². The predicted molar refractivity (Wildman–Crippen MR) is 75.4 cm³/mol. The molecule has 5 nitrogen and oxygen atoms in total. The SMILES string of the molecule is CSC1CCC(NC(=O)N2CC(CC(=O)O)C2)CC1. The third-order valence-corrected chi connectivity index (χ3v) is 5.18. The van der Waals surface area contributed by atoms with Crippen molar-refractivity contribution in [2.45, 2.75) is 43.4 Å². The summed E-state index contributed by atoms with van der Waals surface area (Å²) in [7, 11) is 0. The van der Waals surface area contributed by atoms with Gasteiger partial charge in [-0.1, -0.05) is 0 Å². The highest BCUT2D eigenvalue weighted by Gasteiger charge is 2.33. The monoisotopic (exact) mass is 286 g/mol. The fraction of sp³-hybridized carbons (Fsp3) is 0.846. The van der Waals surface area contributed by atoms with Gasteiger partial charge in [0.2, 0.25) is 0 Å². The van der Waals surface area contributed by atoms with Gasteiger partial charge in [-0.2, -0.15) is 11.8 Å². The molecule has 6 heteroatoms. The number of thioether (sulfide) groups is 1. The van der Waals surface area contributed by atoms with Crippen LogP contribution in [0.1, 0.15) is 32.1 Å². The molecule has 2 N–H and O–H groups in total. The number of rotatable bonds is 4. The van der Waals surface area contributed by atoms with Crippen molar-refractivity contribution in [1.82, 2.24) is 10.2 Å². The minimum absolute atomic E-state index is 0.0192. The first-order valence-corrected chi connectivity index (χ1v) is 8.17. The minimum Gasteiger partial charge on any atom is -0.481 e. The molecule has 1 heterocycles. The van der Waals surface area contributed by atoms with Gasteiger partial charge < -0.3 is 15.3 Å². The molecular weight excluding hydrogens is 264 g/mol. The quantitative estimate of drug-likeness (QED) is 0.826. The zero-order valence-electron chi connectivity index (χ0n) is 11.3. The lowest BCUT2D eigenvalue weighted by Gasteiger charge is -2.40. The molecule has 2 amide bonds. The Balaban J connectivity index is 1.65. The molecule has 108 valence electrons. The maximum Gasteiger partial charge on any atom is 0.317 e. The first-order valence-electron chi connectivity index (χ1n) is 6.88. The molecule has 0 bridgehead atoms. The van der Waals surface area contributed by atoms with Gasteiger partial charge in [0.1, 0.15) is 0 Å². The maximum absolute atomic E-state index is 11.9. The Labute approximate surface area is 118 Å². The van der Waals surface area contributed by atoms with Crippen molar-refractivity contribution >= 4 is 23.8 Å². The number of carbonyl (C=O) groups excluding carboxylic acids is 1. The van der Waals surface area contributed by atoms with Crippen LogP contribution in [-0.2, 0) is 4.79 Å². The van der Waals surface area contributed by atoms with E-state index in [1.165, 1.54) is 12.8 Å². The highest BCUT2D eigenvalue weighted by atomic mass is 32.2. The number of urea groups is 1. The van der Waals surface area contributed by atoms with Crippen LogP contribution in [0.25, 0.3) is 0 Å². The Hall–Kier alpha value is -0.910. The third-order valence-electron chi connectivity index (χ3n) is 4.04. The summed E-state index contributed by atoms with van der Waals surface area (Å²) in [6, 6.07) is 0.281. The molecular formula is C13H22N2O3S. The molecule has 0 aromatic heterocycles. The van der Waals surface area contributed by atoms with Crippen molar-refractivity contribution in [3.05, 3.63) is 0 Å². The van der Waals surface area contributed by atoms with Gasteiger partial charge in [-0.25, -0.2) is 4.79 Å². The molecule has 0 spiro atoms. The molecule has 0 atom stereocenters. The molecule has 19 heavy (non-hydrogen) atoms. The van der Waals surface area contributed by atoms with Gasteiger partial charge in [-0.15, -0.1) is 0 Å². The summed E-state index contributed by atoms with van der Waals surface area (Å²) in [5.74, 6) is -0.643. The number of carbonyl (C=O) groups is 2. The maximum atomic E-state index is 11.9. The van der Waals surface area contributed by atoms with Crippen LogP contribution in [-0.4, -0.2) is 52.6 Å². The second-order valence-corrected chi connectivity index (χ2v) is 6.67. The zero-order chi connectivity index (χ0) is 13.8. The van der Waals surface area contributed by atoms with Crippen molar-refractivity contribution in [1.29, 1.82) is 0 Å². The molecule has 0 aromatic rings. The molecule has 2 rings (SSSR count). The van der Waals surface area contributed by atoms with E-state index in [1.807, 2.05) is 11.8 Å². The lowest BCUT2D eigenvalue weighted by Crippen LogP contribution is -2.56. The summed E-state index contributed by atoms with van der Waals surface area (Å²) >= 11 is 1.92. The van der Waals surface area contributed by atoms with Crippen LogP contribution in [0, 0.1) is 5.92 Å². The van der Waals surface area contributed by atoms with Crippen molar-refractivity contribution in [3.8, 4) is 0 Å². The standard InChI is InChI=1S/C13H22N2O3S/c1-19-11-4-2-10(3-5-11)14-13(18)15-7-9(8-15)6-12(16)17/h9-11H,2-8H2,1H3,(H,14,18)(H,16,17). The Morgan fingerprint density at radius 1 is 1.26 bits per heavy atom. The van der Waals surface area contributed by atoms with E-state index >= 15 is 0 Å². The summed E-state index contributed by atoms with van der Waals surface area (Å²) < 4.78 is 0. The Morgan fingerprint density at radius 2 is 1.89 bits per heavy atom. The highest BCUT2D eigenvalue weighted by molar-refractivity contribution is 7.99. The summed E-state index contributed by atoms with van der Waals surface area (Å²) in [5, 5.41) is 12.5. The van der Waals surface area contributed by atoms with E-state index < -0.39 is 5.97 Å². The van der Waals surface area contributed by atoms with Crippen LogP contribution in [0.3, 0.4) is 0 Å². The highest BCUT2D eigenvalue weighted by Crippen LogP contribution is 2.27. The number of nitrogens with one attached hydrogen (secondary N) is 1. The van der Waals surface area contributed by atoms with E-state index in [1.54, 1.807) is 4.90 Å². The van der Waals surface area contributed by atoms with E-state index in [2.05, 4.69) is 11.6 Å². The average Bonchev–Trinajstić information content (AvgIpc) is 2.33. The molecule has 0 radical (unpaired) electrons. The molecule has 2 fully saturated rings. The van der Waals surface area contributed by atoms with Gasteiger partial charge in [0.25, 0.3) is 0 Å². The normalized spacial score (nSPS) is 27.7. The molecule has 0 aromatic carbocycles. The van der Waals surface area contributed by atoms with Crippen LogP contribution >= 0.6 is 11.8 Å². The zero-order valence-corrected chi connectivity index (χ0v) is 12.1. The Kier molecular flexibility index (Phi) is 4.96. The Bertz CT molecular complexity index is 337. The summed E-state index contributed by atoms with van der Waals surface area (Å²) in [5.41, 5.74) is 0. The van der Waals surface area contributed by atoms with E-state index in [9.17, 15) is 9.59 Å². The summed E-state index contributed by atoms with van der Waals surface area (Å²) in [4.78, 5) is 24.2. The van der Waals surface area contributed by atoms with Crippen LogP contribution in [0.2, 0.25) is 0 Å². The Morgan fingerprint density at radius 3 is 2.42 bits per heavy atom. The van der Waals surface area contributed by atoms with Crippen molar-refractivity contribution in [2.75, 3.05) is 19.3 Å². The predicted octanol–water partition coefficient (Wildman–Crippen LogP) is 1.78. The van der Waals surface area contributed by atoms with E-state index in [4.69, 9.17) is 5.11 Å². The summed E-state index contributed by atoms with van der Waals surface area (Å²) in [6.45, 7) is 1.16. The largest absolute Gasteiger partial charge is 0.481 e. The molecule has 1 saturated carbocycles. The lowest BCUT2D eigenvalue weighted by atomic mass is 9.94. The van der Waals surface area contributed by atoms with Gasteiger partial charge in [0, 0.05) is 30.3 Å². The first kappa shape index (κ1) is 14.5. The van der Waals surface area contributed by atoms with Crippen molar-refractivity contribution < 1.29 is 14.7 Å². The van der Waals surface area contributed by atoms with Gasteiger partial charge in [0.05, 0.1) is 6.42 Å². The van der Waals surface area contributed by atoms with Crippen LogP contribution < -0.4 is 5.32 Å². The van der Waals surface area contributed by atoms with Crippen LogP contribution in [0.4, 0.5) is 4.79 Å². The van der Waals surface area contributed by atoms with Gasteiger partial charge in [0.15, 0.2) is 0 Å². The number of amides is 2. The molecule has 2 aliphatic rings. The molecule has 1 aliphatic carbocycles. The molecule has 1 aliphatic heterocycles. The molecule has 0 unspecified atom stereocenters. The van der Waals surface area contributed by atoms with Crippen LogP contribution in [0.5, 0.6) is 0 Å². The van der Waals surface area contributed by atoms with E-state index in [0.29, 0.717) is 19.1 Å². The first-order chi connectivity index (χ1) is 9.08. The number of hydrogen-bond donors (Lipinski definition) is 2. The van der Waals surface area contributed by atoms with E-state index in [-0.39, 0.29) is 18.4 Å². The summed E-state index contributed by atoms with van der Waals surface area (Å²) in [6.07, 6.45) is 6.78. The number of carboxylic acids is 1. The van der Waals surface area contributed by atoms with Gasteiger partial charge in [-0.3, -0.25) is 4.79 Å². The topological polar surface area (TPSA) is 69.6 Å². The average molecular weight is 286 g/mol. The fourth-order valence-electron chi connectivity index (χ4n) is 2.82. The lowest BCUT2D eigenvalue weighted by molar-refractivity contribution is -0.139. The van der Waals surface area contributed by atoms with Crippen molar-refractivity contribution in [3.63, 3.8) is 0 Å².